The first-order valence-corrected chi connectivity index (χ1v) is 4.67. The van der Waals surface area contributed by atoms with E-state index in [4.69, 9.17) is 9.47 Å². The molecular weight excluding hydrogens is 166 g/mol. The molecule has 0 aliphatic rings. The Labute approximate surface area is 81.1 Å². The lowest BCUT2D eigenvalue weighted by Crippen LogP contribution is -2.15. The molecule has 0 radical (unpaired) electrons. The van der Waals surface area contributed by atoms with Crippen LogP contribution in [-0.2, 0) is 9.47 Å². The summed E-state index contributed by atoms with van der Waals surface area (Å²) in [4.78, 5) is 0. The van der Waals surface area contributed by atoms with E-state index in [0.717, 1.165) is 12.1 Å². The molecule has 0 unspecified atom stereocenters. The molecule has 0 rings (SSSR count). The molecule has 13 heavy (non-hydrogen) atoms. The Kier molecular flexibility index (Phi) is 7.99. The van der Waals surface area contributed by atoms with Gasteiger partial charge in [-0.2, -0.15) is 0 Å². The number of rotatable bonds is 8. The molecule has 0 spiro atoms. The first-order valence-electron chi connectivity index (χ1n) is 4.67. The summed E-state index contributed by atoms with van der Waals surface area (Å²) in [5, 5.41) is 3.02. The summed E-state index contributed by atoms with van der Waals surface area (Å²) in [7, 11) is 1.90. The van der Waals surface area contributed by atoms with Gasteiger partial charge in [-0.15, -0.1) is 0 Å². The van der Waals surface area contributed by atoms with E-state index in [1.807, 2.05) is 20.9 Å². The third-order valence-electron chi connectivity index (χ3n) is 1.41. The van der Waals surface area contributed by atoms with Gasteiger partial charge in [0.15, 0.2) is 0 Å². The average molecular weight is 187 g/mol. The fourth-order valence-electron chi connectivity index (χ4n) is 0.860. The van der Waals surface area contributed by atoms with Gasteiger partial charge in [0.2, 0.25) is 0 Å². The van der Waals surface area contributed by atoms with Crippen molar-refractivity contribution in [1.29, 1.82) is 0 Å². The van der Waals surface area contributed by atoms with Crippen molar-refractivity contribution in [3.8, 4) is 0 Å². The predicted molar refractivity (Wildman–Crippen MR) is 55.0 cm³/mol. The van der Waals surface area contributed by atoms with Crippen molar-refractivity contribution in [2.75, 3.05) is 33.4 Å². The second-order valence-electron chi connectivity index (χ2n) is 3.25. The molecular formula is C10H21NO2. The molecule has 1 N–H and O–H groups in total. The van der Waals surface area contributed by atoms with Gasteiger partial charge >= 0.3 is 0 Å². The average Bonchev–Trinajstić information content (AvgIpc) is 2.03. The molecule has 0 aromatic rings. The van der Waals surface area contributed by atoms with Crippen molar-refractivity contribution in [2.24, 2.45) is 0 Å². The smallest absolute Gasteiger partial charge is 0.0705 e. The molecule has 0 aliphatic heterocycles. The SMILES string of the molecule is C=C(CNC)COCCOC(C)C. The van der Waals surface area contributed by atoms with E-state index in [-0.39, 0.29) is 6.10 Å². The van der Waals surface area contributed by atoms with Crippen LogP contribution in [0.25, 0.3) is 0 Å². The van der Waals surface area contributed by atoms with Crippen LogP contribution in [0, 0.1) is 0 Å². The van der Waals surface area contributed by atoms with Crippen LogP contribution in [0.3, 0.4) is 0 Å². The van der Waals surface area contributed by atoms with Gasteiger partial charge in [-0.3, -0.25) is 0 Å². The maximum Gasteiger partial charge on any atom is 0.0705 e. The quantitative estimate of drug-likeness (QED) is 0.457. The molecule has 0 heterocycles. The number of hydrogen-bond donors (Lipinski definition) is 1. The van der Waals surface area contributed by atoms with Crippen molar-refractivity contribution >= 4 is 0 Å². The summed E-state index contributed by atoms with van der Waals surface area (Å²) in [5.74, 6) is 0. The van der Waals surface area contributed by atoms with Crippen LogP contribution < -0.4 is 5.32 Å². The van der Waals surface area contributed by atoms with Gasteiger partial charge < -0.3 is 14.8 Å². The Bertz CT molecular complexity index is 135. The Morgan fingerprint density at radius 1 is 1.38 bits per heavy atom. The van der Waals surface area contributed by atoms with Crippen molar-refractivity contribution in [2.45, 2.75) is 20.0 Å². The van der Waals surface area contributed by atoms with Crippen molar-refractivity contribution in [3.05, 3.63) is 12.2 Å². The third kappa shape index (κ3) is 9.53. The highest BCUT2D eigenvalue weighted by atomic mass is 16.5. The zero-order valence-electron chi connectivity index (χ0n) is 8.93. The van der Waals surface area contributed by atoms with E-state index in [2.05, 4.69) is 11.9 Å². The van der Waals surface area contributed by atoms with Crippen molar-refractivity contribution in [1.82, 2.24) is 5.32 Å². The van der Waals surface area contributed by atoms with Crippen LogP contribution in [0.5, 0.6) is 0 Å². The molecule has 78 valence electrons. The van der Waals surface area contributed by atoms with Gasteiger partial charge in [-0.1, -0.05) is 6.58 Å². The number of nitrogens with one attached hydrogen (secondary N) is 1. The highest BCUT2D eigenvalue weighted by Gasteiger charge is 1.95. The van der Waals surface area contributed by atoms with Gasteiger partial charge in [0.1, 0.15) is 0 Å². The Morgan fingerprint density at radius 3 is 2.62 bits per heavy atom. The molecule has 0 atom stereocenters. The fraction of sp³-hybridized carbons (Fsp3) is 0.800. The highest BCUT2D eigenvalue weighted by molar-refractivity contribution is 4.96. The number of hydrogen-bond acceptors (Lipinski definition) is 3. The number of ether oxygens (including phenoxy) is 2. The summed E-state index contributed by atoms with van der Waals surface area (Å²) in [6.07, 6.45) is 0.282. The standard InChI is InChI=1S/C10H21NO2/c1-9(2)13-6-5-12-8-10(3)7-11-4/h9,11H,3,5-8H2,1-2,4H3. The normalized spacial score (nSPS) is 10.8. The molecule has 0 aliphatic carbocycles. The largest absolute Gasteiger partial charge is 0.376 e. The molecule has 0 amide bonds. The first kappa shape index (κ1) is 12.6. The molecule has 3 nitrogen and oxygen atoms in total. The van der Waals surface area contributed by atoms with Gasteiger partial charge in [0.05, 0.1) is 25.9 Å². The van der Waals surface area contributed by atoms with Crippen LogP contribution in [-0.4, -0.2) is 39.5 Å². The van der Waals surface area contributed by atoms with Gasteiger partial charge in [0, 0.05) is 6.54 Å². The van der Waals surface area contributed by atoms with Crippen LogP contribution in [0.1, 0.15) is 13.8 Å². The van der Waals surface area contributed by atoms with Gasteiger partial charge in [-0.25, -0.2) is 0 Å². The molecule has 0 saturated heterocycles. The maximum absolute atomic E-state index is 5.33. The Morgan fingerprint density at radius 2 is 2.08 bits per heavy atom. The molecule has 0 bridgehead atoms. The summed E-state index contributed by atoms with van der Waals surface area (Å²) in [6.45, 7) is 10.6. The first-order chi connectivity index (χ1) is 6.16. The van der Waals surface area contributed by atoms with E-state index in [0.29, 0.717) is 19.8 Å². The lowest BCUT2D eigenvalue weighted by Gasteiger charge is -2.09. The van der Waals surface area contributed by atoms with E-state index in [9.17, 15) is 0 Å². The molecule has 0 fully saturated rings. The molecule has 3 heteroatoms. The molecule has 0 aromatic carbocycles. The summed E-state index contributed by atoms with van der Waals surface area (Å²) in [6, 6.07) is 0. The Hall–Kier alpha value is -0.380. The maximum atomic E-state index is 5.33. The van der Waals surface area contributed by atoms with Crippen LogP contribution in [0.4, 0.5) is 0 Å². The lowest BCUT2D eigenvalue weighted by molar-refractivity contribution is 0.0252. The van der Waals surface area contributed by atoms with E-state index in [1.165, 1.54) is 0 Å². The monoisotopic (exact) mass is 187 g/mol. The zero-order valence-corrected chi connectivity index (χ0v) is 8.93. The lowest BCUT2D eigenvalue weighted by atomic mass is 10.3. The highest BCUT2D eigenvalue weighted by Crippen LogP contribution is 1.91. The second-order valence-corrected chi connectivity index (χ2v) is 3.25. The second kappa shape index (κ2) is 8.23. The van der Waals surface area contributed by atoms with Crippen LogP contribution in [0.2, 0.25) is 0 Å². The Balaban J connectivity index is 3.11. The zero-order chi connectivity index (χ0) is 10.1. The van der Waals surface area contributed by atoms with Crippen LogP contribution in [0.15, 0.2) is 12.2 Å². The summed E-state index contributed by atoms with van der Waals surface area (Å²) in [5.41, 5.74) is 1.06. The summed E-state index contributed by atoms with van der Waals surface area (Å²) < 4.78 is 10.6. The molecule has 0 aromatic heterocycles. The van der Waals surface area contributed by atoms with Crippen molar-refractivity contribution < 1.29 is 9.47 Å². The summed E-state index contributed by atoms with van der Waals surface area (Å²) >= 11 is 0. The molecule has 0 saturated carbocycles. The minimum Gasteiger partial charge on any atom is -0.376 e. The van der Waals surface area contributed by atoms with E-state index < -0.39 is 0 Å². The fourth-order valence-corrected chi connectivity index (χ4v) is 0.860. The minimum atomic E-state index is 0.282. The third-order valence-corrected chi connectivity index (χ3v) is 1.41. The van der Waals surface area contributed by atoms with Crippen molar-refractivity contribution in [3.63, 3.8) is 0 Å². The topological polar surface area (TPSA) is 30.5 Å². The van der Waals surface area contributed by atoms with Crippen LogP contribution >= 0.6 is 0 Å². The minimum absolute atomic E-state index is 0.282. The predicted octanol–water partition coefficient (Wildman–Crippen LogP) is 1.20. The van der Waals surface area contributed by atoms with Gasteiger partial charge in [-0.05, 0) is 26.5 Å². The number of likely N-dealkylation sites (N-methyl/N-ethyl adjacent to an activating group) is 1. The van der Waals surface area contributed by atoms with E-state index in [1.54, 1.807) is 0 Å². The van der Waals surface area contributed by atoms with E-state index >= 15 is 0 Å². The van der Waals surface area contributed by atoms with Gasteiger partial charge in [0.25, 0.3) is 0 Å².